The van der Waals surface area contributed by atoms with E-state index in [1.54, 1.807) is 6.92 Å². The van der Waals surface area contributed by atoms with Crippen molar-refractivity contribution in [2.45, 2.75) is 51.5 Å². The van der Waals surface area contributed by atoms with Crippen molar-refractivity contribution in [1.29, 1.82) is 0 Å². The van der Waals surface area contributed by atoms with Crippen molar-refractivity contribution in [1.82, 2.24) is 9.62 Å². The van der Waals surface area contributed by atoms with E-state index in [4.69, 9.17) is 0 Å². The number of rotatable bonds is 5. The Morgan fingerprint density at radius 3 is 2.40 bits per heavy atom. The van der Waals surface area contributed by atoms with Crippen molar-refractivity contribution in [3.05, 3.63) is 29.6 Å². The minimum atomic E-state index is -3.74. The Hall–Kier alpha value is -1.47. The maximum Gasteiger partial charge on any atom is 0.243 e. The zero-order valence-corrected chi connectivity index (χ0v) is 16.1. The van der Waals surface area contributed by atoms with Crippen LogP contribution < -0.4 is 5.32 Å². The zero-order valence-electron chi connectivity index (χ0n) is 15.3. The summed E-state index contributed by atoms with van der Waals surface area (Å²) in [7, 11) is -3.74. The van der Waals surface area contributed by atoms with E-state index in [0.29, 0.717) is 24.3 Å². The largest absolute Gasteiger partial charge is 0.353 e. The van der Waals surface area contributed by atoms with Gasteiger partial charge in [-0.1, -0.05) is 19.9 Å². The van der Waals surface area contributed by atoms with E-state index in [1.165, 1.54) is 16.4 Å². The molecular formula is C18H27FN2O3S. The van der Waals surface area contributed by atoms with Gasteiger partial charge in [0, 0.05) is 25.0 Å². The van der Waals surface area contributed by atoms with Gasteiger partial charge in [0.1, 0.15) is 5.82 Å². The summed E-state index contributed by atoms with van der Waals surface area (Å²) in [5, 5.41) is 2.99. The highest BCUT2D eigenvalue weighted by atomic mass is 32.2. The first kappa shape index (κ1) is 19.8. The third kappa shape index (κ3) is 4.58. The Kier molecular flexibility index (Phi) is 6.21. The second-order valence-electron chi connectivity index (χ2n) is 7.13. The Labute approximate surface area is 149 Å². The lowest BCUT2D eigenvalue weighted by Crippen LogP contribution is -2.45. The fourth-order valence-corrected chi connectivity index (χ4v) is 4.56. The Morgan fingerprint density at radius 2 is 1.84 bits per heavy atom. The summed E-state index contributed by atoms with van der Waals surface area (Å²) in [5.74, 6) is -0.414. The highest BCUT2D eigenvalue weighted by Crippen LogP contribution is 2.26. The fourth-order valence-electron chi connectivity index (χ4n) is 2.86. The average Bonchev–Trinajstić information content (AvgIpc) is 2.56. The highest BCUT2D eigenvalue weighted by molar-refractivity contribution is 7.89. The van der Waals surface area contributed by atoms with Crippen LogP contribution in [-0.4, -0.2) is 37.8 Å². The van der Waals surface area contributed by atoms with Gasteiger partial charge in [-0.2, -0.15) is 4.31 Å². The van der Waals surface area contributed by atoms with Crippen molar-refractivity contribution < 1.29 is 17.6 Å². The van der Waals surface area contributed by atoms with Gasteiger partial charge in [-0.25, -0.2) is 12.8 Å². The molecule has 0 spiro atoms. The molecule has 1 heterocycles. The number of piperidine rings is 1. The molecule has 1 aliphatic rings. The molecule has 140 valence electrons. The van der Waals surface area contributed by atoms with Crippen LogP contribution in [0.15, 0.2) is 23.1 Å². The molecule has 0 aliphatic carbocycles. The summed E-state index contributed by atoms with van der Waals surface area (Å²) in [5.41, 5.74) is 0.520. The molecular weight excluding hydrogens is 343 g/mol. The Balaban J connectivity index is 2.04. The minimum Gasteiger partial charge on any atom is -0.353 e. The van der Waals surface area contributed by atoms with E-state index in [2.05, 4.69) is 5.32 Å². The molecule has 1 N–H and O–H groups in total. The third-order valence-electron chi connectivity index (χ3n) is 4.96. The number of benzene rings is 1. The molecule has 1 aliphatic heterocycles. The summed E-state index contributed by atoms with van der Waals surface area (Å²) >= 11 is 0. The molecule has 0 radical (unpaired) electrons. The first-order valence-corrected chi connectivity index (χ1v) is 10.1. The minimum absolute atomic E-state index is 0.00355. The number of nitrogens with one attached hydrogen (secondary N) is 1. The standard InChI is InChI=1S/C18H27FN2O3S/c1-12(2)14(4)20-18(22)15-7-9-21(10-8-15)25(23,24)17-11-16(19)6-5-13(17)3/h5-6,11-12,14-15H,7-10H2,1-4H3,(H,20,22)/t14-/m1/s1. The monoisotopic (exact) mass is 370 g/mol. The van der Waals surface area contributed by atoms with E-state index in [9.17, 15) is 17.6 Å². The van der Waals surface area contributed by atoms with Gasteiger partial charge >= 0.3 is 0 Å². The van der Waals surface area contributed by atoms with Gasteiger partial charge in [0.25, 0.3) is 0 Å². The number of aryl methyl sites for hydroxylation is 1. The number of carbonyl (C=O) groups excluding carboxylic acids is 1. The molecule has 7 heteroatoms. The summed E-state index contributed by atoms with van der Waals surface area (Å²) in [6.07, 6.45) is 0.953. The van der Waals surface area contributed by atoms with Crippen molar-refractivity contribution >= 4 is 15.9 Å². The van der Waals surface area contributed by atoms with Crippen LogP contribution in [0.2, 0.25) is 0 Å². The lowest BCUT2D eigenvalue weighted by molar-refractivity contribution is -0.127. The maximum atomic E-state index is 13.5. The van der Waals surface area contributed by atoms with Crippen molar-refractivity contribution in [3.8, 4) is 0 Å². The molecule has 1 atom stereocenters. The predicted molar refractivity (Wildman–Crippen MR) is 95.1 cm³/mol. The highest BCUT2D eigenvalue weighted by Gasteiger charge is 2.33. The first-order chi connectivity index (χ1) is 11.6. The smallest absolute Gasteiger partial charge is 0.243 e. The molecule has 1 saturated heterocycles. The number of carbonyl (C=O) groups is 1. The van der Waals surface area contributed by atoms with Gasteiger partial charge < -0.3 is 5.32 Å². The van der Waals surface area contributed by atoms with Crippen LogP contribution in [0.4, 0.5) is 4.39 Å². The molecule has 25 heavy (non-hydrogen) atoms. The molecule has 1 fully saturated rings. The lowest BCUT2D eigenvalue weighted by Gasteiger charge is -2.31. The third-order valence-corrected chi connectivity index (χ3v) is 7.00. The van der Waals surface area contributed by atoms with E-state index >= 15 is 0 Å². The molecule has 1 aromatic rings. The van der Waals surface area contributed by atoms with E-state index in [0.717, 1.165) is 6.07 Å². The van der Waals surface area contributed by atoms with Crippen LogP contribution >= 0.6 is 0 Å². The topological polar surface area (TPSA) is 66.5 Å². The van der Waals surface area contributed by atoms with Gasteiger partial charge in [-0.15, -0.1) is 0 Å². The molecule has 0 saturated carbocycles. The van der Waals surface area contributed by atoms with E-state index < -0.39 is 15.8 Å². The summed E-state index contributed by atoms with van der Waals surface area (Å²) in [4.78, 5) is 12.3. The van der Waals surface area contributed by atoms with Crippen LogP contribution in [0, 0.1) is 24.6 Å². The molecule has 0 aromatic heterocycles. The number of halogens is 1. The van der Waals surface area contributed by atoms with Crippen LogP contribution in [0.1, 0.15) is 39.2 Å². The predicted octanol–water partition coefficient (Wildman–Crippen LogP) is 2.70. The summed E-state index contributed by atoms with van der Waals surface area (Å²) < 4.78 is 40.3. The quantitative estimate of drug-likeness (QED) is 0.867. The second kappa shape index (κ2) is 7.83. The second-order valence-corrected chi connectivity index (χ2v) is 9.04. The number of sulfonamides is 1. The number of hydrogen-bond donors (Lipinski definition) is 1. The van der Waals surface area contributed by atoms with Gasteiger partial charge in [0.2, 0.25) is 15.9 Å². The Morgan fingerprint density at radius 1 is 1.24 bits per heavy atom. The number of hydrogen-bond acceptors (Lipinski definition) is 3. The average molecular weight is 370 g/mol. The van der Waals surface area contributed by atoms with Gasteiger partial charge in [-0.05, 0) is 50.3 Å². The Bertz CT molecular complexity index is 726. The normalized spacial score (nSPS) is 18.3. The lowest BCUT2D eigenvalue weighted by atomic mass is 9.96. The number of amides is 1. The van der Waals surface area contributed by atoms with Gasteiger partial charge in [0.15, 0.2) is 0 Å². The summed E-state index contributed by atoms with van der Waals surface area (Å²) in [6, 6.07) is 3.87. The van der Waals surface area contributed by atoms with E-state index in [1.807, 2.05) is 20.8 Å². The van der Waals surface area contributed by atoms with Crippen LogP contribution in [-0.2, 0) is 14.8 Å². The van der Waals surface area contributed by atoms with Crippen LogP contribution in [0.5, 0.6) is 0 Å². The molecule has 2 rings (SSSR count). The SMILES string of the molecule is Cc1ccc(F)cc1S(=O)(=O)N1CCC(C(=O)N[C@H](C)C(C)C)CC1. The first-order valence-electron chi connectivity index (χ1n) is 8.69. The van der Waals surface area contributed by atoms with Crippen LogP contribution in [0.25, 0.3) is 0 Å². The molecule has 1 amide bonds. The maximum absolute atomic E-state index is 13.5. The molecule has 0 bridgehead atoms. The van der Waals surface area contributed by atoms with Gasteiger partial charge in [-0.3, -0.25) is 4.79 Å². The molecule has 0 unspecified atom stereocenters. The zero-order chi connectivity index (χ0) is 18.8. The molecule has 1 aromatic carbocycles. The fraction of sp³-hybridized carbons (Fsp3) is 0.611. The van der Waals surface area contributed by atoms with Crippen LogP contribution in [0.3, 0.4) is 0 Å². The summed E-state index contributed by atoms with van der Waals surface area (Å²) in [6.45, 7) is 8.25. The van der Waals surface area contributed by atoms with Crippen molar-refractivity contribution in [3.63, 3.8) is 0 Å². The van der Waals surface area contributed by atoms with E-state index in [-0.39, 0.29) is 35.9 Å². The van der Waals surface area contributed by atoms with Crippen molar-refractivity contribution in [2.75, 3.05) is 13.1 Å². The molecule has 5 nitrogen and oxygen atoms in total. The van der Waals surface area contributed by atoms with Crippen molar-refractivity contribution in [2.24, 2.45) is 11.8 Å². The van der Waals surface area contributed by atoms with Gasteiger partial charge in [0.05, 0.1) is 4.90 Å². The number of nitrogens with zero attached hydrogens (tertiary/aromatic N) is 1.